The van der Waals surface area contributed by atoms with Gasteiger partial charge in [0.2, 0.25) is 0 Å². The number of rotatable bonds is 7. The molecule has 0 unspecified atom stereocenters. The molecule has 2 aliphatic rings. The van der Waals surface area contributed by atoms with Crippen molar-refractivity contribution in [2.75, 3.05) is 6.61 Å². The zero-order valence-electron chi connectivity index (χ0n) is 20.1. The lowest BCUT2D eigenvalue weighted by Gasteiger charge is -2.49. The van der Waals surface area contributed by atoms with Gasteiger partial charge in [-0.15, -0.1) is 0 Å². The summed E-state index contributed by atoms with van der Waals surface area (Å²) in [7, 11) is -1.74. The average molecular weight is 421 g/mol. The molecule has 0 aromatic rings. The first-order valence-electron chi connectivity index (χ1n) is 11.6. The summed E-state index contributed by atoms with van der Waals surface area (Å²) in [6, 6.07) is 0. The molecule has 0 saturated heterocycles. The van der Waals surface area contributed by atoms with E-state index in [2.05, 4.69) is 53.8 Å². The first-order chi connectivity index (χ1) is 13.4. The monoisotopic (exact) mass is 420 g/mol. The van der Waals surface area contributed by atoms with Gasteiger partial charge in [0.1, 0.15) is 0 Å². The molecule has 2 fully saturated rings. The van der Waals surface area contributed by atoms with E-state index in [0.29, 0.717) is 35.9 Å². The summed E-state index contributed by atoms with van der Waals surface area (Å²) in [5.74, 6) is 1.60. The molecule has 4 heteroatoms. The van der Waals surface area contributed by atoms with Gasteiger partial charge < -0.3 is 9.16 Å². The molecule has 0 aromatic heterocycles. The second kappa shape index (κ2) is 9.51. The van der Waals surface area contributed by atoms with Gasteiger partial charge in [-0.25, -0.2) is 4.79 Å². The maximum absolute atomic E-state index is 11.4. The summed E-state index contributed by atoms with van der Waals surface area (Å²) in [5, 5.41) is 0.264. The van der Waals surface area contributed by atoms with E-state index in [1.807, 2.05) is 19.1 Å². The van der Waals surface area contributed by atoms with Gasteiger partial charge >= 0.3 is 5.97 Å². The first-order valence-corrected chi connectivity index (χ1v) is 14.5. The molecule has 29 heavy (non-hydrogen) atoms. The van der Waals surface area contributed by atoms with Crippen LogP contribution in [0.5, 0.6) is 0 Å². The largest absolute Gasteiger partial charge is 0.463 e. The van der Waals surface area contributed by atoms with Crippen molar-refractivity contribution in [3.63, 3.8) is 0 Å². The molecule has 0 N–H and O–H groups in total. The van der Waals surface area contributed by atoms with Crippen LogP contribution in [0.2, 0.25) is 18.1 Å². The SMILES string of the molecule is CCOC(=O)/C=C/C=C/[C@@H](C)[C@H]1CC[C@H]2[C@@H](O[Si](C)(C)C(C)(C)C)CCC[C@]12C. The van der Waals surface area contributed by atoms with Crippen LogP contribution in [-0.2, 0) is 14.0 Å². The van der Waals surface area contributed by atoms with E-state index in [1.165, 1.54) is 38.2 Å². The number of esters is 1. The van der Waals surface area contributed by atoms with Gasteiger partial charge in [0.15, 0.2) is 8.32 Å². The van der Waals surface area contributed by atoms with Crippen LogP contribution in [-0.4, -0.2) is 27.0 Å². The fourth-order valence-corrected chi connectivity index (χ4v) is 6.81. The van der Waals surface area contributed by atoms with E-state index >= 15 is 0 Å². The number of carbonyl (C=O) groups is 1. The van der Waals surface area contributed by atoms with Crippen LogP contribution in [0.25, 0.3) is 0 Å². The molecular formula is C25H44O3Si. The summed E-state index contributed by atoms with van der Waals surface area (Å²) in [6.07, 6.45) is 14.4. The molecule has 3 nitrogen and oxygen atoms in total. The highest BCUT2D eigenvalue weighted by Crippen LogP contribution is 2.59. The Balaban J connectivity index is 2.06. The summed E-state index contributed by atoms with van der Waals surface area (Å²) < 4.78 is 11.9. The van der Waals surface area contributed by atoms with Crippen molar-refractivity contribution in [1.29, 1.82) is 0 Å². The molecular weight excluding hydrogens is 376 g/mol. The molecule has 166 valence electrons. The van der Waals surface area contributed by atoms with Crippen LogP contribution in [0.4, 0.5) is 0 Å². The molecule has 0 amide bonds. The van der Waals surface area contributed by atoms with Gasteiger partial charge in [0.25, 0.3) is 0 Å². The predicted octanol–water partition coefficient (Wildman–Crippen LogP) is 6.90. The summed E-state index contributed by atoms with van der Waals surface area (Å²) in [5.41, 5.74) is 0.361. The number of hydrogen-bond acceptors (Lipinski definition) is 3. The zero-order chi connectivity index (χ0) is 21.9. The van der Waals surface area contributed by atoms with Crippen molar-refractivity contribution in [3.8, 4) is 0 Å². The summed E-state index contributed by atoms with van der Waals surface area (Å²) in [6.45, 7) is 18.9. The van der Waals surface area contributed by atoms with Crippen LogP contribution in [0, 0.1) is 23.2 Å². The van der Waals surface area contributed by atoms with Gasteiger partial charge in [-0.2, -0.15) is 0 Å². The van der Waals surface area contributed by atoms with Crippen molar-refractivity contribution in [2.24, 2.45) is 23.2 Å². The van der Waals surface area contributed by atoms with E-state index in [4.69, 9.17) is 9.16 Å². The average Bonchev–Trinajstić information content (AvgIpc) is 2.95. The van der Waals surface area contributed by atoms with Gasteiger partial charge in [0.05, 0.1) is 6.61 Å². The van der Waals surface area contributed by atoms with E-state index < -0.39 is 8.32 Å². The number of carbonyl (C=O) groups excluding carboxylic acids is 1. The summed E-state index contributed by atoms with van der Waals surface area (Å²) in [4.78, 5) is 11.4. The summed E-state index contributed by atoms with van der Waals surface area (Å²) >= 11 is 0. The zero-order valence-corrected chi connectivity index (χ0v) is 21.1. The Morgan fingerprint density at radius 3 is 2.52 bits per heavy atom. The molecule has 2 saturated carbocycles. The van der Waals surface area contributed by atoms with Crippen LogP contribution < -0.4 is 0 Å². The molecule has 0 radical (unpaired) electrons. The number of allylic oxidation sites excluding steroid dienone is 3. The van der Waals surface area contributed by atoms with Crippen LogP contribution in [0.3, 0.4) is 0 Å². The van der Waals surface area contributed by atoms with Crippen molar-refractivity contribution >= 4 is 14.3 Å². The second-order valence-electron chi connectivity index (χ2n) is 11.0. The first kappa shape index (κ1) is 24.4. The highest BCUT2D eigenvalue weighted by molar-refractivity contribution is 6.74. The Kier molecular flexibility index (Phi) is 8.00. The topological polar surface area (TPSA) is 35.5 Å². The molecule has 0 aromatic carbocycles. The van der Waals surface area contributed by atoms with Crippen LogP contribution in [0.15, 0.2) is 24.3 Å². The van der Waals surface area contributed by atoms with Crippen LogP contribution in [0.1, 0.15) is 73.6 Å². The Morgan fingerprint density at radius 1 is 1.21 bits per heavy atom. The molecule has 0 aliphatic heterocycles. The number of fused-ring (bicyclic) bond motifs is 1. The van der Waals surface area contributed by atoms with E-state index in [-0.39, 0.29) is 11.0 Å². The molecule has 0 heterocycles. The molecule has 5 atom stereocenters. The predicted molar refractivity (Wildman–Crippen MR) is 124 cm³/mol. The lowest BCUT2D eigenvalue weighted by molar-refractivity contribution is -0.137. The third kappa shape index (κ3) is 5.64. The standard InChI is InChI=1S/C25H44O3Si/c1-9-27-23(26)15-11-10-13-19(2)20-16-17-21-22(14-12-18-25(20,21)6)28-29(7,8)24(3,4)5/h10-11,13,15,19-22H,9,12,14,16-18H2,1-8H3/b13-10+,15-11+/t19-,20-,21+,22+,25-/m1/s1. The van der Waals surface area contributed by atoms with Crippen molar-refractivity contribution < 1.29 is 14.0 Å². The normalized spacial score (nSPS) is 31.9. The van der Waals surface area contributed by atoms with Gasteiger partial charge in [-0.05, 0) is 73.9 Å². The Morgan fingerprint density at radius 2 is 1.90 bits per heavy atom. The minimum absolute atomic E-state index is 0.264. The van der Waals surface area contributed by atoms with Gasteiger partial charge in [-0.3, -0.25) is 0 Å². The molecule has 2 rings (SSSR count). The maximum Gasteiger partial charge on any atom is 0.330 e. The molecule has 0 bridgehead atoms. The third-order valence-electron chi connectivity index (χ3n) is 8.07. The van der Waals surface area contributed by atoms with E-state index in [9.17, 15) is 4.79 Å². The second-order valence-corrected chi connectivity index (χ2v) is 15.7. The van der Waals surface area contributed by atoms with Crippen molar-refractivity contribution in [1.82, 2.24) is 0 Å². The van der Waals surface area contributed by atoms with Crippen molar-refractivity contribution in [2.45, 2.75) is 97.9 Å². The van der Waals surface area contributed by atoms with Crippen molar-refractivity contribution in [3.05, 3.63) is 24.3 Å². The van der Waals surface area contributed by atoms with E-state index in [1.54, 1.807) is 0 Å². The Bertz CT molecular complexity index is 616. The highest BCUT2D eigenvalue weighted by Gasteiger charge is 2.54. The Labute approximate surface area is 180 Å². The number of hydrogen-bond donors (Lipinski definition) is 0. The maximum atomic E-state index is 11.4. The minimum Gasteiger partial charge on any atom is -0.463 e. The smallest absolute Gasteiger partial charge is 0.330 e. The lowest BCUT2D eigenvalue weighted by atomic mass is 9.62. The van der Waals surface area contributed by atoms with Gasteiger partial charge in [-0.1, -0.05) is 59.3 Å². The minimum atomic E-state index is -1.74. The van der Waals surface area contributed by atoms with Gasteiger partial charge in [0, 0.05) is 12.2 Å². The third-order valence-corrected chi connectivity index (χ3v) is 12.6. The fourth-order valence-electron chi connectivity index (χ4n) is 5.42. The molecule has 2 aliphatic carbocycles. The fraction of sp³-hybridized carbons (Fsp3) is 0.800. The quantitative estimate of drug-likeness (QED) is 0.194. The highest BCUT2D eigenvalue weighted by atomic mass is 28.4. The van der Waals surface area contributed by atoms with Crippen LogP contribution >= 0.6 is 0 Å². The lowest BCUT2D eigenvalue weighted by Crippen LogP contribution is -2.50. The molecule has 0 spiro atoms. The number of ether oxygens (including phenoxy) is 1. The Hall–Kier alpha value is -0.873. The van der Waals surface area contributed by atoms with E-state index in [0.717, 1.165) is 0 Å².